The Bertz CT molecular complexity index is 146. The van der Waals surface area contributed by atoms with Crippen molar-refractivity contribution in [3.05, 3.63) is 0 Å². The highest BCUT2D eigenvalue weighted by molar-refractivity contribution is 5.82. The zero-order valence-electron chi connectivity index (χ0n) is 5.83. The molecule has 0 aliphatic heterocycles. The van der Waals surface area contributed by atoms with Crippen LogP contribution in [0.2, 0.25) is 0 Å². The molecule has 0 bridgehead atoms. The Morgan fingerprint density at radius 2 is 1.90 bits per heavy atom. The highest BCUT2D eigenvalue weighted by Gasteiger charge is 2.08. The van der Waals surface area contributed by atoms with Crippen LogP contribution >= 0.6 is 0 Å². The van der Waals surface area contributed by atoms with Crippen molar-refractivity contribution < 1.29 is 9.59 Å². The van der Waals surface area contributed by atoms with E-state index in [9.17, 15) is 9.59 Å². The normalized spacial score (nSPS) is 8.90. The second-order valence-electron chi connectivity index (χ2n) is 1.82. The third kappa shape index (κ3) is 2.91. The number of primary amides is 2. The van der Waals surface area contributed by atoms with Gasteiger partial charge in [-0.15, -0.1) is 0 Å². The molecule has 0 atom stereocenters. The lowest BCUT2D eigenvalue weighted by molar-refractivity contribution is -0.118. The Morgan fingerprint density at radius 3 is 2.00 bits per heavy atom. The zero-order valence-corrected chi connectivity index (χ0v) is 5.83. The molecule has 0 aromatic heterocycles. The van der Waals surface area contributed by atoms with Gasteiger partial charge in [0.25, 0.3) is 0 Å². The third-order valence-corrected chi connectivity index (χ3v) is 1.04. The maximum Gasteiger partial charge on any atom is 0.315 e. The largest absolute Gasteiger partial charge is 0.368 e. The quantitative estimate of drug-likeness (QED) is 0.526. The lowest BCUT2D eigenvalue weighted by Gasteiger charge is -2.14. The molecular weight excluding hydrogens is 134 g/mol. The van der Waals surface area contributed by atoms with Crippen molar-refractivity contribution in [1.29, 1.82) is 0 Å². The van der Waals surface area contributed by atoms with E-state index in [1.54, 1.807) is 6.92 Å². The van der Waals surface area contributed by atoms with E-state index in [0.717, 1.165) is 4.90 Å². The smallest absolute Gasteiger partial charge is 0.315 e. The van der Waals surface area contributed by atoms with Crippen LogP contribution < -0.4 is 11.5 Å². The van der Waals surface area contributed by atoms with Crippen molar-refractivity contribution >= 4 is 11.9 Å². The van der Waals surface area contributed by atoms with Crippen LogP contribution in [0.25, 0.3) is 0 Å². The maximum atomic E-state index is 10.4. The number of likely N-dealkylation sites (N-methyl/N-ethyl adjacent to an activating group) is 1. The summed E-state index contributed by atoms with van der Waals surface area (Å²) in [5.41, 5.74) is 9.69. The molecule has 0 aliphatic carbocycles. The van der Waals surface area contributed by atoms with Gasteiger partial charge in [-0.1, -0.05) is 0 Å². The SMILES string of the molecule is CCN(CC(N)=O)C(N)=O. The van der Waals surface area contributed by atoms with Crippen LogP contribution in [0.4, 0.5) is 4.79 Å². The molecule has 10 heavy (non-hydrogen) atoms. The van der Waals surface area contributed by atoms with Crippen molar-refractivity contribution in [2.75, 3.05) is 13.1 Å². The fourth-order valence-electron chi connectivity index (χ4n) is 0.534. The van der Waals surface area contributed by atoms with E-state index in [0.29, 0.717) is 6.54 Å². The number of rotatable bonds is 3. The molecule has 0 rings (SSSR count). The summed E-state index contributed by atoms with van der Waals surface area (Å²) in [6.07, 6.45) is 0. The molecule has 0 saturated heterocycles. The van der Waals surface area contributed by atoms with Gasteiger partial charge in [-0.25, -0.2) is 4.79 Å². The first-order valence-electron chi connectivity index (χ1n) is 2.90. The highest BCUT2D eigenvalue weighted by Crippen LogP contribution is 1.83. The minimum Gasteiger partial charge on any atom is -0.368 e. The average Bonchev–Trinajstić information content (AvgIpc) is 1.81. The predicted molar refractivity (Wildman–Crippen MR) is 36.0 cm³/mol. The number of nitrogens with zero attached hydrogens (tertiary/aromatic N) is 1. The van der Waals surface area contributed by atoms with Crippen LogP contribution in [-0.2, 0) is 4.79 Å². The van der Waals surface area contributed by atoms with Crippen LogP contribution in [0, 0.1) is 0 Å². The molecule has 0 unspecified atom stereocenters. The first-order valence-corrected chi connectivity index (χ1v) is 2.90. The Morgan fingerprint density at radius 1 is 1.40 bits per heavy atom. The first kappa shape index (κ1) is 8.74. The monoisotopic (exact) mass is 145 g/mol. The van der Waals surface area contributed by atoms with Gasteiger partial charge in [-0.2, -0.15) is 0 Å². The van der Waals surface area contributed by atoms with E-state index in [1.807, 2.05) is 0 Å². The molecule has 0 fully saturated rings. The first-order chi connectivity index (χ1) is 4.57. The van der Waals surface area contributed by atoms with Gasteiger partial charge >= 0.3 is 6.03 Å². The standard InChI is InChI=1S/C5H11N3O2/c1-2-8(5(7)10)3-4(6)9/h2-3H2,1H3,(H2,6,9)(H2,7,10). The molecule has 0 heterocycles. The van der Waals surface area contributed by atoms with Crippen LogP contribution in [0.1, 0.15) is 6.92 Å². The fourth-order valence-corrected chi connectivity index (χ4v) is 0.534. The third-order valence-electron chi connectivity index (χ3n) is 1.04. The van der Waals surface area contributed by atoms with E-state index in [2.05, 4.69) is 0 Å². The van der Waals surface area contributed by atoms with Gasteiger partial charge in [0.2, 0.25) is 5.91 Å². The number of hydrogen-bond acceptors (Lipinski definition) is 2. The maximum absolute atomic E-state index is 10.4. The van der Waals surface area contributed by atoms with Gasteiger partial charge in [-0.3, -0.25) is 4.79 Å². The lowest BCUT2D eigenvalue weighted by Crippen LogP contribution is -2.41. The summed E-state index contributed by atoms with van der Waals surface area (Å²) in [5.74, 6) is -0.555. The van der Waals surface area contributed by atoms with Gasteiger partial charge in [0.05, 0.1) is 0 Å². The van der Waals surface area contributed by atoms with E-state index in [-0.39, 0.29) is 6.54 Å². The van der Waals surface area contributed by atoms with E-state index >= 15 is 0 Å². The summed E-state index contributed by atoms with van der Waals surface area (Å²) in [5, 5.41) is 0. The number of hydrogen-bond donors (Lipinski definition) is 2. The Labute approximate surface area is 59.0 Å². The Balaban J connectivity index is 3.83. The topological polar surface area (TPSA) is 89.4 Å². The van der Waals surface area contributed by atoms with E-state index < -0.39 is 11.9 Å². The number of amides is 3. The van der Waals surface area contributed by atoms with Crippen molar-refractivity contribution in [2.45, 2.75) is 6.92 Å². The number of carbonyl (C=O) groups excluding carboxylic acids is 2. The van der Waals surface area contributed by atoms with Crippen molar-refractivity contribution in [1.82, 2.24) is 4.90 Å². The number of carbonyl (C=O) groups is 2. The summed E-state index contributed by atoms with van der Waals surface area (Å²) >= 11 is 0. The molecule has 0 spiro atoms. The summed E-state index contributed by atoms with van der Waals surface area (Å²) in [6.45, 7) is 2.01. The van der Waals surface area contributed by atoms with Gasteiger partial charge in [0.15, 0.2) is 0 Å². The summed E-state index contributed by atoms with van der Waals surface area (Å²) in [7, 11) is 0. The predicted octanol–water partition coefficient (Wildman–Crippen LogP) is -1.13. The Hall–Kier alpha value is -1.26. The van der Waals surface area contributed by atoms with Gasteiger partial charge in [0.1, 0.15) is 6.54 Å². The molecule has 0 aromatic carbocycles. The van der Waals surface area contributed by atoms with Gasteiger partial charge in [-0.05, 0) is 6.92 Å². The molecule has 58 valence electrons. The van der Waals surface area contributed by atoms with Crippen LogP contribution in [0.15, 0.2) is 0 Å². The van der Waals surface area contributed by atoms with Crippen LogP contribution in [0.5, 0.6) is 0 Å². The second kappa shape index (κ2) is 3.71. The number of nitrogens with two attached hydrogens (primary N) is 2. The number of urea groups is 1. The fraction of sp³-hybridized carbons (Fsp3) is 0.600. The molecule has 0 saturated carbocycles. The van der Waals surface area contributed by atoms with Crippen LogP contribution in [0.3, 0.4) is 0 Å². The highest BCUT2D eigenvalue weighted by atomic mass is 16.2. The molecule has 4 N–H and O–H groups in total. The molecule has 3 amide bonds. The minimum atomic E-state index is -0.624. The van der Waals surface area contributed by atoms with Gasteiger partial charge in [0, 0.05) is 6.54 Å². The Kier molecular flexibility index (Phi) is 3.24. The molecule has 0 radical (unpaired) electrons. The molecular formula is C5H11N3O2. The van der Waals surface area contributed by atoms with Crippen molar-refractivity contribution in [3.63, 3.8) is 0 Å². The average molecular weight is 145 g/mol. The second-order valence-corrected chi connectivity index (χ2v) is 1.82. The molecule has 5 heteroatoms. The van der Waals surface area contributed by atoms with Crippen molar-refractivity contribution in [2.24, 2.45) is 11.5 Å². The van der Waals surface area contributed by atoms with Crippen molar-refractivity contribution in [3.8, 4) is 0 Å². The molecule has 0 aliphatic rings. The van der Waals surface area contributed by atoms with E-state index in [4.69, 9.17) is 11.5 Å². The van der Waals surface area contributed by atoms with Crippen LogP contribution in [-0.4, -0.2) is 29.9 Å². The van der Waals surface area contributed by atoms with Gasteiger partial charge < -0.3 is 16.4 Å². The molecule has 5 nitrogen and oxygen atoms in total. The van der Waals surface area contributed by atoms with E-state index in [1.165, 1.54) is 0 Å². The summed E-state index contributed by atoms with van der Waals surface area (Å²) < 4.78 is 0. The summed E-state index contributed by atoms with van der Waals surface area (Å²) in [4.78, 5) is 21.8. The lowest BCUT2D eigenvalue weighted by atomic mass is 10.5. The minimum absolute atomic E-state index is 0.105. The molecule has 0 aromatic rings. The summed E-state index contributed by atoms with van der Waals surface area (Å²) in [6, 6.07) is -0.624. The zero-order chi connectivity index (χ0) is 8.15.